The molecule has 0 bridgehead atoms. The van der Waals surface area contributed by atoms with Crippen molar-refractivity contribution < 1.29 is 8.78 Å². The molecular formula is C5H12F2. The summed E-state index contributed by atoms with van der Waals surface area (Å²) in [5.41, 5.74) is 0. The largest absolute Gasteiger partial charge is 0.235 e. The monoisotopic (exact) mass is 110 g/mol. The van der Waals surface area contributed by atoms with Crippen molar-refractivity contribution in [2.24, 2.45) is 0 Å². The first-order valence-electron chi connectivity index (χ1n) is 2.43. The lowest BCUT2D eigenvalue weighted by Crippen LogP contribution is -1.69. The molecule has 0 aliphatic heterocycles. The quantitative estimate of drug-likeness (QED) is 0.449. The minimum absolute atomic E-state index is 0.833. The second-order valence-electron chi connectivity index (χ2n) is 1.23. The summed E-state index contributed by atoms with van der Waals surface area (Å²) in [6.07, 6.45) is -0.917. The van der Waals surface area contributed by atoms with Crippen molar-refractivity contribution in [3.63, 3.8) is 0 Å². The minimum atomic E-state index is -2.17. The van der Waals surface area contributed by atoms with E-state index >= 15 is 0 Å². The van der Waals surface area contributed by atoms with Crippen LogP contribution in [0.25, 0.3) is 0 Å². The average Bonchev–Trinajstić information content (AvgIpc) is 1.33. The van der Waals surface area contributed by atoms with Gasteiger partial charge in [0, 0.05) is 0 Å². The summed E-state index contributed by atoms with van der Waals surface area (Å²) in [6, 6.07) is 0. The molecule has 0 aromatic heterocycles. The van der Waals surface area contributed by atoms with E-state index in [1.807, 2.05) is 0 Å². The first kappa shape index (κ1) is 9.97. The Bertz CT molecular complexity index is 17.3. The molecule has 0 aromatic rings. The molecule has 0 heterocycles. The fraction of sp³-hybridized carbons (Fsp3) is 1.00. The molecule has 0 unspecified atom stereocenters. The third kappa shape index (κ3) is 4450. The van der Waals surface area contributed by atoms with Crippen LogP contribution in [0.15, 0.2) is 0 Å². The predicted molar refractivity (Wildman–Crippen MR) is 27.6 cm³/mol. The van der Waals surface area contributed by atoms with Crippen molar-refractivity contribution in [2.45, 2.75) is 33.6 Å². The van der Waals surface area contributed by atoms with E-state index in [-0.39, 0.29) is 0 Å². The van der Waals surface area contributed by atoms with E-state index in [4.69, 9.17) is 0 Å². The van der Waals surface area contributed by atoms with Gasteiger partial charge in [0.1, 0.15) is 0 Å². The molecule has 0 atom stereocenters. The van der Waals surface area contributed by atoms with Gasteiger partial charge in [-0.05, 0) is 6.92 Å². The Morgan fingerprint density at radius 3 is 1.29 bits per heavy atom. The highest BCUT2D eigenvalue weighted by molar-refractivity contribution is 4.06. The van der Waals surface area contributed by atoms with Gasteiger partial charge >= 0.3 is 0 Å². The van der Waals surface area contributed by atoms with E-state index in [1.54, 1.807) is 0 Å². The van der Waals surface area contributed by atoms with Crippen LogP contribution in [-0.4, -0.2) is 6.43 Å². The number of hydrogen-bond donors (Lipinski definition) is 0. The highest BCUT2D eigenvalue weighted by atomic mass is 19.3. The Hall–Kier alpha value is -0.140. The number of alkyl halides is 2. The molecule has 0 aliphatic rings. The van der Waals surface area contributed by atoms with Crippen molar-refractivity contribution >= 4 is 0 Å². The van der Waals surface area contributed by atoms with Crippen LogP contribution in [-0.2, 0) is 0 Å². The SMILES string of the molecule is CC(F)F.CCC. The van der Waals surface area contributed by atoms with E-state index in [0.29, 0.717) is 0 Å². The summed E-state index contributed by atoms with van der Waals surface area (Å²) in [6.45, 7) is 5.08. The van der Waals surface area contributed by atoms with Gasteiger partial charge in [-0.15, -0.1) is 0 Å². The maximum atomic E-state index is 10.3. The molecule has 2 heteroatoms. The summed E-state index contributed by atoms with van der Waals surface area (Å²) in [5.74, 6) is 0. The van der Waals surface area contributed by atoms with E-state index in [9.17, 15) is 8.78 Å². The summed E-state index contributed by atoms with van der Waals surface area (Å²) in [7, 11) is 0. The molecule has 0 fully saturated rings. The van der Waals surface area contributed by atoms with Gasteiger partial charge in [-0.2, -0.15) is 0 Å². The summed E-state index contributed by atoms with van der Waals surface area (Å²) in [4.78, 5) is 0. The second kappa shape index (κ2) is 9.29. The summed E-state index contributed by atoms with van der Waals surface area (Å²) < 4.78 is 20.7. The number of halogens is 2. The molecule has 0 aromatic carbocycles. The first-order chi connectivity index (χ1) is 3.15. The Morgan fingerprint density at radius 1 is 1.29 bits per heavy atom. The number of hydrogen-bond acceptors (Lipinski definition) is 0. The molecule has 0 saturated heterocycles. The smallest absolute Gasteiger partial charge is 0.211 e. The lowest BCUT2D eigenvalue weighted by atomic mass is 10.6. The molecule has 46 valence electrons. The zero-order valence-electron chi connectivity index (χ0n) is 5.04. The van der Waals surface area contributed by atoms with Gasteiger partial charge < -0.3 is 0 Å². The van der Waals surface area contributed by atoms with Crippen LogP contribution in [0, 0.1) is 0 Å². The van der Waals surface area contributed by atoms with Gasteiger partial charge in [-0.25, -0.2) is 8.78 Å². The lowest BCUT2D eigenvalue weighted by molar-refractivity contribution is 0.171. The molecule has 0 nitrogen and oxygen atoms in total. The molecule has 0 aliphatic carbocycles. The minimum Gasteiger partial charge on any atom is -0.211 e. The summed E-state index contributed by atoms with van der Waals surface area (Å²) >= 11 is 0. The maximum absolute atomic E-state index is 10.3. The van der Waals surface area contributed by atoms with Gasteiger partial charge in [0.05, 0.1) is 0 Å². The van der Waals surface area contributed by atoms with Gasteiger partial charge in [-0.3, -0.25) is 0 Å². The van der Waals surface area contributed by atoms with Crippen LogP contribution in [0.4, 0.5) is 8.78 Å². The topological polar surface area (TPSA) is 0 Å². The fourth-order valence-electron chi connectivity index (χ4n) is 0. The highest BCUT2D eigenvalue weighted by Crippen LogP contribution is 1.82. The van der Waals surface area contributed by atoms with Crippen LogP contribution in [0.1, 0.15) is 27.2 Å². The van der Waals surface area contributed by atoms with Crippen molar-refractivity contribution in [2.75, 3.05) is 0 Å². The van der Waals surface area contributed by atoms with Gasteiger partial charge in [-0.1, -0.05) is 20.3 Å². The molecule has 0 rings (SSSR count). The normalized spacial score (nSPS) is 7.71. The van der Waals surface area contributed by atoms with Gasteiger partial charge in [0.15, 0.2) is 0 Å². The Balaban J connectivity index is 0. The summed E-state index contributed by atoms with van der Waals surface area (Å²) in [5, 5.41) is 0. The van der Waals surface area contributed by atoms with Crippen molar-refractivity contribution in [1.29, 1.82) is 0 Å². The van der Waals surface area contributed by atoms with Crippen LogP contribution >= 0.6 is 0 Å². The van der Waals surface area contributed by atoms with E-state index in [1.165, 1.54) is 6.42 Å². The Labute approximate surface area is 43.5 Å². The fourth-order valence-corrected chi connectivity index (χ4v) is 0. The average molecular weight is 110 g/mol. The Kier molecular flexibility index (Phi) is 13.2. The standard InChI is InChI=1S/C3H8.C2H4F2/c1-3-2;1-2(3)4/h3H2,1-2H3;2H,1H3. The molecule has 0 radical (unpaired) electrons. The van der Waals surface area contributed by atoms with Gasteiger partial charge in [0.25, 0.3) is 0 Å². The van der Waals surface area contributed by atoms with E-state index < -0.39 is 6.43 Å². The van der Waals surface area contributed by atoms with E-state index in [0.717, 1.165) is 6.92 Å². The number of rotatable bonds is 0. The lowest BCUT2D eigenvalue weighted by Gasteiger charge is -1.70. The van der Waals surface area contributed by atoms with E-state index in [2.05, 4.69) is 13.8 Å². The molecule has 7 heavy (non-hydrogen) atoms. The van der Waals surface area contributed by atoms with Crippen molar-refractivity contribution in [1.82, 2.24) is 0 Å². The van der Waals surface area contributed by atoms with Crippen molar-refractivity contribution in [3.8, 4) is 0 Å². The maximum Gasteiger partial charge on any atom is 0.235 e. The van der Waals surface area contributed by atoms with Crippen molar-refractivity contribution in [3.05, 3.63) is 0 Å². The van der Waals surface area contributed by atoms with Gasteiger partial charge in [0.2, 0.25) is 6.43 Å². The van der Waals surface area contributed by atoms with Crippen LogP contribution in [0.3, 0.4) is 0 Å². The molecule has 0 N–H and O–H groups in total. The molecular weight excluding hydrogens is 98.1 g/mol. The molecule has 0 spiro atoms. The molecule has 0 amide bonds. The van der Waals surface area contributed by atoms with Crippen LogP contribution in [0.5, 0.6) is 0 Å². The second-order valence-corrected chi connectivity index (χ2v) is 1.23. The van der Waals surface area contributed by atoms with Crippen LogP contribution in [0.2, 0.25) is 0 Å². The Morgan fingerprint density at radius 2 is 1.29 bits per heavy atom. The predicted octanol–water partition coefficient (Wildman–Crippen LogP) is 2.69. The first-order valence-corrected chi connectivity index (χ1v) is 2.43. The zero-order valence-corrected chi connectivity index (χ0v) is 5.04. The van der Waals surface area contributed by atoms with Crippen LogP contribution < -0.4 is 0 Å². The zero-order chi connectivity index (χ0) is 6.28. The third-order valence-electron chi connectivity index (χ3n) is 0. The highest BCUT2D eigenvalue weighted by Gasteiger charge is 1.79. The molecule has 0 saturated carbocycles. The third-order valence-corrected chi connectivity index (χ3v) is 0.